The molecular formula is C20H22N4OS. The van der Waals surface area contributed by atoms with Crippen LogP contribution in [0, 0.1) is 0 Å². The molecule has 0 saturated carbocycles. The third-order valence-electron chi connectivity index (χ3n) is 4.77. The maximum absolute atomic E-state index is 12.4. The normalized spacial score (nSPS) is 15.3. The number of benzene rings is 1. The number of imidazole rings is 1. The smallest absolute Gasteiger partial charge is 0.264 e. The number of amides is 1. The number of carbonyl (C=O) groups is 1. The highest BCUT2D eigenvalue weighted by Crippen LogP contribution is 2.15. The van der Waals surface area contributed by atoms with Gasteiger partial charge in [-0.15, -0.1) is 11.3 Å². The first-order chi connectivity index (χ1) is 12.8. The molecule has 1 aromatic carbocycles. The zero-order chi connectivity index (χ0) is 17.8. The monoisotopic (exact) mass is 366 g/mol. The van der Waals surface area contributed by atoms with Gasteiger partial charge in [-0.05, 0) is 17.0 Å². The minimum absolute atomic E-state index is 0.161. The molecule has 1 aliphatic heterocycles. The van der Waals surface area contributed by atoms with Gasteiger partial charge in [0.25, 0.3) is 5.91 Å². The zero-order valence-corrected chi connectivity index (χ0v) is 15.4. The van der Waals surface area contributed by atoms with Gasteiger partial charge in [-0.3, -0.25) is 9.69 Å². The van der Waals surface area contributed by atoms with Crippen LogP contribution in [0.4, 0.5) is 0 Å². The quantitative estimate of drug-likeness (QED) is 0.697. The topological polar surface area (TPSA) is 41.4 Å². The number of carbonyl (C=O) groups excluding carboxylic acids is 1. The van der Waals surface area contributed by atoms with E-state index in [1.807, 2.05) is 41.0 Å². The number of piperazine rings is 1. The molecular weight excluding hydrogens is 344 g/mol. The summed E-state index contributed by atoms with van der Waals surface area (Å²) >= 11 is 1.52. The Kier molecular flexibility index (Phi) is 5.13. The second-order valence-corrected chi connectivity index (χ2v) is 7.49. The molecule has 1 amide bonds. The second kappa shape index (κ2) is 7.85. The van der Waals surface area contributed by atoms with Crippen molar-refractivity contribution in [3.63, 3.8) is 0 Å². The van der Waals surface area contributed by atoms with Gasteiger partial charge in [0.15, 0.2) is 0 Å². The Labute approximate surface area is 157 Å². The Morgan fingerprint density at radius 2 is 1.81 bits per heavy atom. The van der Waals surface area contributed by atoms with Crippen molar-refractivity contribution >= 4 is 17.2 Å². The first-order valence-electron chi connectivity index (χ1n) is 8.87. The van der Waals surface area contributed by atoms with Crippen molar-refractivity contribution in [2.75, 3.05) is 26.2 Å². The highest BCUT2D eigenvalue weighted by atomic mass is 32.1. The fourth-order valence-corrected chi connectivity index (χ4v) is 3.99. The molecule has 1 saturated heterocycles. The molecule has 0 unspecified atom stereocenters. The van der Waals surface area contributed by atoms with E-state index < -0.39 is 0 Å². The Hall–Kier alpha value is -2.44. The molecule has 3 aromatic rings. The average molecular weight is 366 g/mol. The van der Waals surface area contributed by atoms with E-state index in [2.05, 4.69) is 38.7 Å². The average Bonchev–Trinajstić information content (AvgIpc) is 3.35. The molecule has 5 nitrogen and oxygen atoms in total. The fourth-order valence-electron chi connectivity index (χ4n) is 3.30. The summed E-state index contributed by atoms with van der Waals surface area (Å²) in [5, 5.41) is 1.96. The number of thiophene rings is 1. The highest BCUT2D eigenvalue weighted by molar-refractivity contribution is 7.12. The number of hydrogen-bond donors (Lipinski definition) is 0. The van der Waals surface area contributed by atoms with Gasteiger partial charge in [-0.2, -0.15) is 0 Å². The van der Waals surface area contributed by atoms with Crippen molar-refractivity contribution < 1.29 is 4.79 Å². The van der Waals surface area contributed by atoms with E-state index in [0.717, 1.165) is 44.1 Å². The van der Waals surface area contributed by atoms with E-state index in [1.165, 1.54) is 22.6 Å². The minimum atomic E-state index is 0.161. The largest absolute Gasteiger partial charge is 0.335 e. The third-order valence-corrected chi connectivity index (χ3v) is 5.63. The Morgan fingerprint density at radius 3 is 2.54 bits per heavy atom. The Morgan fingerprint density at radius 1 is 1.00 bits per heavy atom. The van der Waals surface area contributed by atoms with Gasteiger partial charge in [0.1, 0.15) is 0 Å². The van der Waals surface area contributed by atoms with Crippen LogP contribution in [0.3, 0.4) is 0 Å². The van der Waals surface area contributed by atoms with Crippen LogP contribution >= 0.6 is 11.3 Å². The van der Waals surface area contributed by atoms with Crippen molar-refractivity contribution in [3.05, 3.63) is 76.5 Å². The molecule has 134 valence electrons. The van der Waals surface area contributed by atoms with Crippen molar-refractivity contribution in [2.24, 2.45) is 0 Å². The standard InChI is InChI=1S/C20H22N4OS/c25-20(19-7-4-12-26-19)23-10-8-22(9-11-23)15-18-13-21-16-24(18)14-17-5-2-1-3-6-17/h1-7,12-13,16H,8-11,14-15H2. The molecule has 0 atom stereocenters. The molecule has 0 bridgehead atoms. The third kappa shape index (κ3) is 3.86. The van der Waals surface area contributed by atoms with Crippen molar-refractivity contribution in [1.82, 2.24) is 19.4 Å². The van der Waals surface area contributed by atoms with Gasteiger partial charge >= 0.3 is 0 Å². The van der Waals surface area contributed by atoms with Crippen LogP contribution in [-0.2, 0) is 13.1 Å². The predicted molar refractivity (Wildman–Crippen MR) is 103 cm³/mol. The van der Waals surface area contributed by atoms with Crippen molar-refractivity contribution in [3.8, 4) is 0 Å². The molecule has 6 heteroatoms. The van der Waals surface area contributed by atoms with Crippen LogP contribution < -0.4 is 0 Å². The molecule has 26 heavy (non-hydrogen) atoms. The molecule has 2 aromatic heterocycles. The molecule has 1 aliphatic rings. The SMILES string of the molecule is O=C(c1cccs1)N1CCN(Cc2cncn2Cc2ccccc2)CC1. The number of nitrogens with zero attached hydrogens (tertiary/aromatic N) is 4. The van der Waals surface area contributed by atoms with Crippen molar-refractivity contribution in [2.45, 2.75) is 13.1 Å². The molecule has 1 fully saturated rings. The van der Waals surface area contributed by atoms with Gasteiger partial charge in [0.05, 0.1) is 16.9 Å². The number of hydrogen-bond acceptors (Lipinski definition) is 4. The first-order valence-corrected chi connectivity index (χ1v) is 9.75. The van der Waals surface area contributed by atoms with E-state index in [4.69, 9.17) is 0 Å². The number of aromatic nitrogens is 2. The summed E-state index contributed by atoms with van der Waals surface area (Å²) in [6.07, 6.45) is 3.85. The lowest BCUT2D eigenvalue weighted by atomic mass is 10.2. The second-order valence-electron chi connectivity index (χ2n) is 6.54. The molecule has 4 rings (SSSR count). The van der Waals surface area contributed by atoms with E-state index in [0.29, 0.717) is 0 Å². The van der Waals surface area contributed by atoms with Crippen LogP contribution in [0.15, 0.2) is 60.4 Å². The van der Waals surface area contributed by atoms with Gasteiger partial charge in [0, 0.05) is 45.5 Å². The summed E-state index contributed by atoms with van der Waals surface area (Å²) in [5.41, 5.74) is 2.49. The van der Waals surface area contributed by atoms with Crippen LogP contribution in [-0.4, -0.2) is 51.4 Å². The van der Waals surface area contributed by atoms with Gasteiger partial charge in [-0.25, -0.2) is 4.98 Å². The van der Waals surface area contributed by atoms with Crippen LogP contribution in [0.2, 0.25) is 0 Å². The molecule has 3 heterocycles. The van der Waals surface area contributed by atoms with E-state index in [1.54, 1.807) is 0 Å². The molecule has 0 N–H and O–H groups in total. The molecule has 0 aliphatic carbocycles. The van der Waals surface area contributed by atoms with Gasteiger partial charge in [0.2, 0.25) is 0 Å². The van der Waals surface area contributed by atoms with Gasteiger partial charge in [-0.1, -0.05) is 36.4 Å². The summed E-state index contributed by atoms with van der Waals surface area (Å²) < 4.78 is 2.21. The summed E-state index contributed by atoms with van der Waals surface area (Å²) in [4.78, 5) is 22.0. The Balaban J connectivity index is 1.34. The predicted octanol–water partition coefficient (Wildman–Crippen LogP) is 2.95. The van der Waals surface area contributed by atoms with E-state index in [9.17, 15) is 4.79 Å². The lowest BCUT2D eigenvalue weighted by Crippen LogP contribution is -2.48. The Bertz CT molecular complexity index is 836. The van der Waals surface area contributed by atoms with E-state index in [-0.39, 0.29) is 5.91 Å². The number of rotatable bonds is 5. The maximum atomic E-state index is 12.4. The summed E-state index contributed by atoms with van der Waals surface area (Å²) in [7, 11) is 0. The summed E-state index contributed by atoms with van der Waals surface area (Å²) in [6.45, 7) is 5.06. The first kappa shape index (κ1) is 17.0. The summed E-state index contributed by atoms with van der Waals surface area (Å²) in [5.74, 6) is 0.161. The highest BCUT2D eigenvalue weighted by Gasteiger charge is 2.23. The lowest BCUT2D eigenvalue weighted by molar-refractivity contribution is 0.0630. The van der Waals surface area contributed by atoms with Crippen LogP contribution in [0.25, 0.3) is 0 Å². The van der Waals surface area contributed by atoms with Crippen LogP contribution in [0.1, 0.15) is 20.9 Å². The minimum Gasteiger partial charge on any atom is -0.335 e. The lowest BCUT2D eigenvalue weighted by Gasteiger charge is -2.34. The van der Waals surface area contributed by atoms with Gasteiger partial charge < -0.3 is 9.47 Å². The maximum Gasteiger partial charge on any atom is 0.264 e. The summed E-state index contributed by atoms with van der Waals surface area (Å²) in [6, 6.07) is 14.3. The molecule has 0 radical (unpaired) electrons. The van der Waals surface area contributed by atoms with Crippen LogP contribution in [0.5, 0.6) is 0 Å². The fraction of sp³-hybridized carbons (Fsp3) is 0.300. The van der Waals surface area contributed by atoms with Crippen molar-refractivity contribution in [1.29, 1.82) is 0 Å². The molecule has 0 spiro atoms. The van der Waals surface area contributed by atoms with E-state index >= 15 is 0 Å². The zero-order valence-electron chi connectivity index (χ0n) is 14.6.